The third-order valence-electron chi connectivity index (χ3n) is 23.2. The first-order valence-corrected chi connectivity index (χ1v) is 31.4. The Labute approximate surface area is 468 Å². The van der Waals surface area contributed by atoms with Crippen molar-refractivity contribution >= 4 is 45.7 Å². The zero-order valence-corrected chi connectivity index (χ0v) is 53.1. The predicted molar refractivity (Wildman–Crippen MR) is 334 cm³/mol. The Morgan fingerprint density at radius 2 is 1.14 bits per heavy atom. The highest BCUT2D eigenvalue weighted by molar-refractivity contribution is 7.26. The molecule has 8 aliphatic rings. The summed E-state index contributed by atoms with van der Waals surface area (Å²) in [6.45, 7) is 58.3. The highest BCUT2D eigenvalue weighted by atomic mass is 32.1. The van der Waals surface area contributed by atoms with Crippen molar-refractivity contribution in [3.8, 4) is 0 Å². The highest BCUT2D eigenvalue weighted by Crippen LogP contribution is 2.61. The quantitative estimate of drug-likeness (QED) is 0.262. The Hall–Kier alpha value is -3.50. The van der Waals surface area contributed by atoms with Crippen LogP contribution in [-0.2, 0) is 28.1 Å². The van der Waals surface area contributed by atoms with Crippen LogP contribution in [0.1, 0.15) is 241 Å². The van der Waals surface area contributed by atoms with Crippen molar-refractivity contribution in [2.24, 2.45) is 44.8 Å². The largest absolute Gasteiger partial charge is 0.359 e. The van der Waals surface area contributed by atoms with Gasteiger partial charge in [0, 0.05) is 39.4 Å². The third-order valence-corrected chi connectivity index (χ3v) is 24.5. The maximum Gasteiger partial charge on any atom is 0.236 e. The molecule has 1 fully saturated rings. The molecule has 4 heteroatoms. The number of anilines is 2. The molecule has 1 N–H and O–H groups in total. The lowest BCUT2D eigenvalue weighted by atomic mass is 9.31. The Morgan fingerprint density at radius 1 is 0.605 bits per heavy atom. The summed E-state index contributed by atoms with van der Waals surface area (Å²) < 4.78 is 1.60. The molecule has 3 aromatic rings. The minimum atomic E-state index is -0.0664. The minimum absolute atomic E-state index is 0.0664. The normalized spacial score (nSPS) is 29.7. The Morgan fingerprint density at radius 3 is 1.75 bits per heavy atom. The van der Waals surface area contributed by atoms with Gasteiger partial charge in [-0.2, -0.15) is 0 Å². The zero-order chi connectivity index (χ0) is 55.4. The van der Waals surface area contributed by atoms with Gasteiger partial charge >= 0.3 is 0 Å². The molecule has 76 heavy (non-hydrogen) atoms. The summed E-state index contributed by atoms with van der Waals surface area (Å²) in [7, 11) is 0. The Balaban J connectivity index is 1.23. The summed E-state index contributed by atoms with van der Waals surface area (Å²) in [5, 5.41) is 4.50. The molecule has 1 aromatic heterocycles. The van der Waals surface area contributed by atoms with Crippen LogP contribution in [0.15, 0.2) is 76.2 Å². The summed E-state index contributed by atoms with van der Waals surface area (Å²) in [6, 6.07) is 10.9. The van der Waals surface area contributed by atoms with Crippen LogP contribution in [0.2, 0.25) is 5.82 Å². The molecule has 0 spiro atoms. The number of hydrogen-bond acceptors (Lipinski definition) is 3. The molecular formula is C72H101BN2S. The van der Waals surface area contributed by atoms with E-state index in [9.17, 15) is 0 Å². The SMILES string of the molecule is Cc1cc2c(cc1NC1=CC(C(C)(C)C)=CC3C1B(c1sc4c(c1C)CC1C(=C4)C(C)(C)CCC1(C)C)c1cc4c(cc1N3C1=CC3=C(C(C)[C@@H]1C)C(C)(C)CCC3(C)C)C(C)(C)CCC4(C)C)C(C)(C)CCC2(C)C. The molecule has 0 bridgehead atoms. The maximum absolute atomic E-state index is 4.50. The van der Waals surface area contributed by atoms with Crippen molar-refractivity contribution in [3.05, 3.63) is 120 Å². The Kier molecular flexibility index (Phi) is 12.2. The number of aryl methyl sites for hydroxylation is 1. The fourth-order valence-electron chi connectivity index (χ4n) is 17.0. The van der Waals surface area contributed by atoms with Gasteiger partial charge in [-0.25, -0.2) is 0 Å². The van der Waals surface area contributed by atoms with E-state index in [1.807, 2.05) is 0 Å². The molecule has 1 aliphatic heterocycles. The lowest BCUT2D eigenvalue weighted by molar-refractivity contribution is 0.123. The number of hydrogen-bond donors (Lipinski definition) is 1. The van der Waals surface area contributed by atoms with E-state index in [2.05, 4.69) is 229 Å². The van der Waals surface area contributed by atoms with Gasteiger partial charge in [-0.15, -0.1) is 11.3 Å². The first kappa shape index (κ1) is 54.5. The van der Waals surface area contributed by atoms with Crippen LogP contribution in [0.25, 0.3) is 6.08 Å². The molecule has 0 saturated heterocycles. The molecule has 2 aromatic carbocycles. The van der Waals surface area contributed by atoms with E-state index < -0.39 is 0 Å². The van der Waals surface area contributed by atoms with Crippen LogP contribution >= 0.6 is 11.3 Å². The van der Waals surface area contributed by atoms with Crippen molar-refractivity contribution in [3.63, 3.8) is 0 Å². The third kappa shape index (κ3) is 8.31. The van der Waals surface area contributed by atoms with Crippen LogP contribution < -0.4 is 20.5 Å². The molecular weight excluding hydrogens is 936 g/mol. The van der Waals surface area contributed by atoms with Gasteiger partial charge in [0.2, 0.25) is 6.71 Å². The summed E-state index contributed by atoms with van der Waals surface area (Å²) in [5.74, 6) is 1.48. The topological polar surface area (TPSA) is 15.3 Å². The van der Waals surface area contributed by atoms with Gasteiger partial charge in [-0.1, -0.05) is 175 Å². The van der Waals surface area contributed by atoms with E-state index in [1.54, 1.807) is 59.7 Å². The van der Waals surface area contributed by atoms with E-state index in [1.165, 1.54) is 90.8 Å². The van der Waals surface area contributed by atoms with Gasteiger partial charge in [0.25, 0.3) is 0 Å². The Bertz CT molecular complexity index is 3110. The number of fused-ring (bicyclic) bond motifs is 6. The molecule has 7 aliphatic carbocycles. The van der Waals surface area contributed by atoms with Crippen LogP contribution in [0.5, 0.6) is 0 Å². The van der Waals surface area contributed by atoms with Gasteiger partial charge in [0.05, 0.1) is 6.04 Å². The van der Waals surface area contributed by atoms with Crippen LogP contribution in [-0.4, -0.2) is 12.8 Å². The summed E-state index contributed by atoms with van der Waals surface area (Å²) in [5.41, 5.74) is 25.6. The lowest BCUT2D eigenvalue weighted by Gasteiger charge is -2.55. The first-order valence-electron chi connectivity index (χ1n) is 30.5. The van der Waals surface area contributed by atoms with Crippen molar-refractivity contribution in [2.75, 3.05) is 10.2 Å². The molecule has 1 saturated carbocycles. The van der Waals surface area contributed by atoms with E-state index in [0.29, 0.717) is 17.8 Å². The van der Waals surface area contributed by atoms with Crippen molar-refractivity contribution in [1.29, 1.82) is 0 Å². The van der Waals surface area contributed by atoms with Crippen molar-refractivity contribution < 1.29 is 0 Å². The van der Waals surface area contributed by atoms with E-state index in [-0.39, 0.29) is 67.3 Å². The molecule has 0 amide bonds. The van der Waals surface area contributed by atoms with Gasteiger partial charge in [-0.05, 0) is 223 Å². The number of benzene rings is 2. The molecule has 2 heterocycles. The zero-order valence-electron chi connectivity index (χ0n) is 52.3. The minimum Gasteiger partial charge on any atom is -0.359 e. The number of rotatable bonds is 4. The smallest absolute Gasteiger partial charge is 0.236 e. The predicted octanol–water partition coefficient (Wildman–Crippen LogP) is 18.9. The van der Waals surface area contributed by atoms with Crippen LogP contribution in [0.3, 0.4) is 0 Å². The lowest BCUT2D eigenvalue weighted by Crippen LogP contribution is -2.62. The monoisotopic (exact) mass is 1040 g/mol. The fourth-order valence-corrected chi connectivity index (χ4v) is 18.5. The second-order valence-electron chi connectivity index (χ2n) is 33.1. The molecule has 4 unspecified atom stereocenters. The van der Waals surface area contributed by atoms with E-state index in [0.717, 1.165) is 6.42 Å². The number of allylic oxidation sites excluding steroid dienone is 7. The standard InChI is InChI=1S/C72H101BN2S/c1-41-32-47-50(68(14,15)27-24-65(47,8)9)37-55(41)74-56-33-45(64(5,6)7)34-59-62(56)73(63-44(4)46-35-48-52(40-60(46)76-63)70(18,19)29-25-66(48,10)11)54-36-49-51(69(16,17)28-26-67(49,12)13)38-58(54)75(59)57-39-53-61(43(3)42(57)2)72(22,23)31-30-71(53,20)21/h32-34,36-40,42-43,48,59,62,74H,24-31,35H2,1-23H3/t42-,43?,48?,59?,62?/m0/s1. The van der Waals surface area contributed by atoms with Crippen molar-refractivity contribution in [1.82, 2.24) is 0 Å². The number of thiophene rings is 1. The molecule has 408 valence electrons. The second-order valence-corrected chi connectivity index (χ2v) is 34.2. The highest BCUT2D eigenvalue weighted by Gasteiger charge is 2.55. The van der Waals surface area contributed by atoms with Crippen LogP contribution in [0, 0.1) is 58.7 Å². The summed E-state index contributed by atoms with van der Waals surface area (Å²) in [4.78, 5) is 4.55. The number of nitrogens with one attached hydrogen (secondary N) is 1. The molecule has 11 rings (SSSR count). The van der Waals surface area contributed by atoms with E-state index >= 15 is 0 Å². The maximum atomic E-state index is 4.50. The second kappa shape index (κ2) is 17.0. The average Bonchev–Trinajstić information content (AvgIpc) is 3.82. The molecule has 0 radical (unpaired) electrons. The summed E-state index contributed by atoms with van der Waals surface area (Å²) >= 11 is 2.18. The summed E-state index contributed by atoms with van der Waals surface area (Å²) in [6.07, 6.45) is 22.0. The van der Waals surface area contributed by atoms with E-state index in [4.69, 9.17) is 0 Å². The van der Waals surface area contributed by atoms with Crippen molar-refractivity contribution in [2.45, 2.75) is 251 Å². The number of nitrogens with zero attached hydrogens (tertiary/aromatic N) is 1. The average molecular weight is 1040 g/mol. The first-order chi connectivity index (χ1) is 34.9. The van der Waals surface area contributed by atoms with Gasteiger partial charge < -0.3 is 10.2 Å². The fraction of sp³-hybridized carbons (Fsp3) is 0.639. The molecule has 2 nitrogen and oxygen atoms in total. The van der Waals surface area contributed by atoms with Gasteiger partial charge in [0.15, 0.2) is 0 Å². The molecule has 5 atom stereocenters. The van der Waals surface area contributed by atoms with Gasteiger partial charge in [0.1, 0.15) is 0 Å². The van der Waals surface area contributed by atoms with Gasteiger partial charge in [-0.3, -0.25) is 0 Å². The van der Waals surface area contributed by atoms with Crippen LogP contribution in [0.4, 0.5) is 11.4 Å².